The van der Waals surface area contributed by atoms with E-state index in [0.29, 0.717) is 19.8 Å². The first kappa shape index (κ1) is 14.0. The summed E-state index contributed by atoms with van der Waals surface area (Å²) in [7, 11) is 0. The molecular formula is C15H22N2O2. The fourth-order valence-corrected chi connectivity index (χ4v) is 2.23. The van der Waals surface area contributed by atoms with Gasteiger partial charge < -0.3 is 10.1 Å². The molecule has 0 fully saturated rings. The van der Waals surface area contributed by atoms with Crippen molar-refractivity contribution in [3.63, 3.8) is 0 Å². The summed E-state index contributed by atoms with van der Waals surface area (Å²) < 4.78 is 5.55. The molecule has 2 rings (SSSR count). The van der Waals surface area contributed by atoms with E-state index in [1.165, 1.54) is 11.1 Å². The van der Waals surface area contributed by atoms with Crippen LogP contribution in [0.2, 0.25) is 0 Å². The van der Waals surface area contributed by atoms with Crippen molar-refractivity contribution in [2.24, 2.45) is 0 Å². The van der Waals surface area contributed by atoms with Gasteiger partial charge in [0.1, 0.15) is 0 Å². The summed E-state index contributed by atoms with van der Waals surface area (Å²) in [5.74, 6) is 0.00977. The fraction of sp³-hybridized carbons (Fsp3) is 0.533. The number of hydrogen-bond acceptors (Lipinski definition) is 3. The minimum Gasteiger partial charge on any atom is -0.375 e. The SMILES string of the molecule is CC(C)(C)NC(=O)CNC1COCc2ccccc21. The van der Waals surface area contributed by atoms with Crippen molar-refractivity contribution in [1.29, 1.82) is 0 Å². The van der Waals surface area contributed by atoms with Crippen molar-refractivity contribution in [3.8, 4) is 0 Å². The van der Waals surface area contributed by atoms with Crippen LogP contribution in [-0.2, 0) is 16.1 Å². The molecule has 0 bridgehead atoms. The molecule has 1 aromatic carbocycles. The van der Waals surface area contributed by atoms with Crippen molar-refractivity contribution in [2.75, 3.05) is 13.2 Å². The number of hydrogen-bond donors (Lipinski definition) is 2. The molecule has 1 aromatic rings. The number of nitrogens with one attached hydrogen (secondary N) is 2. The zero-order valence-corrected chi connectivity index (χ0v) is 11.8. The zero-order valence-electron chi connectivity index (χ0n) is 11.8. The first-order valence-corrected chi connectivity index (χ1v) is 6.66. The highest BCUT2D eigenvalue weighted by atomic mass is 16.5. The van der Waals surface area contributed by atoms with Gasteiger partial charge in [-0.2, -0.15) is 0 Å². The van der Waals surface area contributed by atoms with Gasteiger partial charge in [0.15, 0.2) is 0 Å². The third-order valence-electron chi connectivity index (χ3n) is 3.00. The summed E-state index contributed by atoms with van der Waals surface area (Å²) in [4.78, 5) is 11.8. The summed E-state index contributed by atoms with van der Waals surface area (Å²) in [5, 5.41) is 6.20. The van der Waals surface area contributed by atoms with Gasteiger partial charge in [0.25, 0.3) is 0 Å². The maximum absolute atomic E-state index is 11.8. The molecule has 0 aliphatic carbocycles. The van der Waals surface area contributed by atoms with Crippen molar-refractivity contribution < 1.29 is 9.53 Å². The Morgan fingerprint density at radius 3 is 2.84 bits per heavy atom. The Morgan fingerprint density at radius 1 is 1.37 bits per heavy atom. The quantitative estimate of drug-likeness (QED) is 0.872. The lowest BCUT2D eigenvalue weighted by atomic mass is 9.99. The largest absolute Gasteiger partial charge is 0.375 e. The van der Waals surface area contributed by atoms with Gasteiger partial charge in [-0.3, -0.25) is 10.1 Å². The van der Waals surface area contributed by atoms with E-state index in [0.717, 1.165) is 0 Å². The van der Waals surface area contributed by atoms with Gasteiger partial charge in [-0.1, -0.05) is 24.3 Å². The molecule has 0 radical (unpaired) electrons. The van der Waals surface area contributed by atoms with Crippen molar-refractivity contribution in [3.05, 3.63) is 35.4 Å². The molecule has 1 atom stereocenters. The third kappa shape index (κ3) is 4.04. The van der Waals surface area contributed by atoms with Gasteiger partial charge in [-0.15, -0.1) is 0 Å². The minimum atomic E-state index is -0.195. The normalized spacial score (nSPS) is 18.8. The zero-order chi connectivity index (χ0) is 13.9. The number of carbonyl (C=O) groups excluding carboxylic acids is 1. The minimum absolute atomic E-state index is 0.00977. The van der Waals surface area contributed by atoms with E-state index in [4.69, 9.17) is 4.74 Å². The fourth-order valence-electron chi connectivity index (χ4n) is 2.23. The van der Waals surface area contributed by atoms with Gasteiger partial charge in [0.2, 0.25) is 5.91 Å². The Hall–Kier alpha value is -1.39. The molecule has 0 aromatic heterocycles. The standard InChI is InChI=1S/C15H22N2O2/c1-15(2,3)17-14(18)8-16-13-10-19-9-11-6-4-5-7-12(11)13/h4-7,13,16H,8-10H2,1-3H3,(H,17,18). The van der Waals surface area contributed by atoms with Crippen LogP contribution < -0.4 is 10.6 Å². The molecule has 4 nitrogen and oxygen atoms in total. The van der Waals surface area contributed by atoms with E-state index < -0.39 is 0 Å². The van der Waals surface area contributed by atoms with Gasteiger partial charge in [0, 0.05) is 5.54 Å². The lowest BCUT2D eigenvalue weighted by molar-refractivity contribution is -0.121. The maximum Gasteiger partial charge on any atom is 0.234 e. The second kappa shape index (κ2) is 5.72. The molecular weight excluding hydrogens is 240 g/mol. The highest BCUT2D eigenvalue weighted by Gasteiger charge is 2.21. The molecule has 1 heterocycles. The lowest BCUT2D eigenvalue weighted by Crippen LogP contribution is -2.46. The van der Waals surface area contributed by atoms with Crippen LogP contribution in [0, 0.1) is 0 Å². The van der Waals surface area contributed by atoms with Crippen LogP contribution in [0.1, 0.15) is 37.9 Å². The molecule has 2 N–H and O–H groups in total. The summed E-state index contributed by atoms with van der Waals surface area (Å²) in [6.45, 7) is 7.50. The second-order valence-electron chi connectivity index (χ2n) is 5.95. The summed E-state index contributed by atoms with van der Waals surface area (Å²) in [6, 6.07) is 8.29. The van der Waals surface area contributed by atoms with E-state index in [9.17, 15) is 4.79 Å². The maximum atomic E-state index is 11.8. The Kier molecular flexibility index (Phi) is 4.22. The second-order valence-corrected chi connectivity index (χ2v) is 5.95. The van der Waals surface area contributed by atoms with E-state index in [1.54, 1.807) is 0 Å². The number of ether oxygens (including phenoxy) is 1. The Morgan fingerprint density at radius 2 is 2.11 bits per heavy atom. The van der Waals surface area contributed by atoms with E-state index in [2.05, 4.69) is 22.8 Å². The molecule has 0 spiro atoms. The number of benzene rings is 1. The van der Waals surface area contributed by atoms with Crippen LogP contribution in [0.5, 0.6) is 0 Å². The van der Waals surface area contributed by atoms with Crippen LogP contribution in [0.25, 0.3) is 0 Å². The van der Waals surface area contributed by atoms with Crippen LogP contribution in [-0.4, -0.2) is 24.6 Å². The molecule has 1 aliphatic rings. The van der Waals surface area contributed by atoms with Crippen molar-refractivity contribution >= 4 is 5.91 Å². The van der Waals surface area contributed by atoms with E-state index >= 15 is 0 Å². The van der Waals surface area contributed by atoms with Crippen molar-refractivity contribution in [1.82, 2.24) is 10.6 Å². The number of fused-ring (bicyclic) bond motifs is 1. The Labute approximate surface area is 114 Å². The van der Waals surface area contributed by atoms with Gasteiger partial charge >= 0.3 is 0 Å². The topological polar surface area (TPSA) is 50.4 Å². The monoisotopic (exact) mass is 262 g/mol. The van der Waals surface area contributed by atoms with E-state index in [1.807, 2.05) is 32.9 Å². The summed E-state index contributed by atoms with van der Waals surface area (Å²) in [5.41, 5.74) is 2.24. The average Bonchev–Trinajstić information content (AvgIpc) is 2.34. The molecule has 104 valence electrons. The first-order valence-electron chi connectivity index (χ1n) is 6.66. The molecule has 1 aliphatic heterocycles. The van der Waals surface area contributed by atoms with Crippen LogP contribution in [0.3, 0.4) is 0 Å². The molecule has 0 saturated carbocycles. The summed E-state index contributed by atoms with van der Waals surface area (Å²) in [6.07, 6.45) is 0. The highest BCUT2D eigenvalue weighted by Crippen LogP contribution is 2.23. The smallest absolute Gasteiger partial charge is 0.234 e. The van der Waals surface area contributed by atoms with Crippen LogP contribution >= 0.6 is 0 Å². The predicted molar refractivity (Wildman–Crippen MR) is 74.7 cm³/mol. The van der Waals surface area contributed by atoms with Crippen LogP contribution in [0.15, 0.2) is 24.3 Å². The van der Waals surface area contributed by atoms with Gasteiger partial charge in [-0.25, -0.2) is 0 Å². The van der Waals surface area contributed by atoms with Gasteiger partial charge in [0.05, 0.1) is 25.8 Å². The predicted octanol–water partition coefficient (Wildman–Crippen LogP) is 1.76. The number of carbonyl (C=O) groups is 1. The Bertz CT molecular complexity index is 452. The van der Waals surface area contributed by atoms with Crippen LogP contribution in [0.4, 0.5) is 0 Å². The van der Waals surface area contributed by atoms with Crippen molar-refractivity contribution in [2.45, 2.75) is 39.0 Å². The molecule has 1 unspecified atom stereocenters. The Balaban J connectivity index is 1.93. The molecule has 19 heavy (non-hydrogen) atoms. The number of rotatable bonds is 3. The lowest BCUT2D eigenvalue weighted by Gasteiger charge is -2.27. The molecule has 4 heteroatoms. The third-order valence-corrected chi connectivity index (χ3v) is 3.00. The molecule has 1 amide bonds. The number of amides is 1. The van der Waals surface area contributed by atoms with Gasteiger partial charge in [-0.05, 0) is 31.9 Å². The molecule has 0 saturated heterocycles. The first-order chi connectivity index (χ1) is 8.96. The highest BCUT2D eigenvalue weighted by molar-refractivity contribution is 5.78. The van der Waals surface area contributed by atoms with E-state index in [-0.39, 0.29) is 17.5 Å². The average molecular weight is 262 g/mol. The summed E-state index contributed by atoms with van der Waals surface area (Å²) >= 11 is 0.